The summed E-state index contributed by atoms with van der Waals surface area (Å²) in [5.74, 6) is -0.889. The third-order valence-electron chi connectivity index (χ3n) is 1.16. The maximum atomic E-state index is 11.3. The Balaban J connectivity index is -0.000000159. The number of hydrogen-bond acceptors (Lipinski definition) is 2. The fraction of sp³-hybridized carbons (Fsp3) is 1.00. The van der Waals surface area contributed by atoms with Gasteiger partial charge in [-0.15, -0.1) is 0 Å². The van der Waals surface area contributed by atoms with Crippen LogP contribution in [-0.2, 0) is 4.57 Å². The molecule has 11 heteroatoms. The van der Waals surface area contributed by atoms with Gasteiger partial charge in [0, 0.05) is 0 Å². The van der Waals surface area contributed by atoms with Gasteiger partial charge in [0.15, 0.2) is 0 Å². The normalized spacial score (nSPS) is 15.6. The van der Waals surface area contributed by atoms with Gasteiger partial charge in [0.2, 0.25) is 0 Å². The average molecular weight is 284 g/mol. The average Bonchev–Trinajstić information content (AvgIpc) is 2.29. The van der Waals surface area contributed by atoms with E-state index in [-0.39, 0.29) is 103 Å². The SMILES string of the molecule is F[B-](F)(F)C1CC1.O=P([O-])(O)O.[K+].[K+]. The molecule has 2 N–H and O–H groups in total. The predicted molar refractivity (Wildman–Crippen MR) is 34.1 cm³/mol. The van der Waals surface area contributed by atoms with Crippen LogP contribution in [0.15, 0.2) is 0 Å². The second-order valence-corrected chi connectivity index (χ2v) is 3.43. The van der Waals surface area contributed by atoms with Gasteiger partial charge in [-0.2, -0.15) is 0 Å². The van der Waals surface area contributed by atoms with E-state index in [4.69, 9.17) is 19.2 Å². The molecule has 14 heavy (non-hydrogen) atoms. The van der Waals surface area contributed by atoms with Crippen LogP contribution in [-0.4, -0.2) is 16.8 Å². The Labute approximate surface area is 165 Å². The monoisotopic (exact) mass is 284 g/mol. The second-order valence-electron chi connectivity index (χ2n) is 2.45. The Morgan fingerprint density at radius 2 is 1.43 bits per heavy atom. The molecule has 0 spiro atoms. The molecule has 0 heterocycles. The fourth-order valence-electron chi connectivity index (χ4n) is 0.474. The fourth-order valence-corrected chi connectivity index (χ4v) is 0.474. The molecule has 1 aliphatic carbocycles. The molecule has 74 valence electrons. The van der Waals surface area contributed by atoms with E-state index in [9.17, 15) is 12.9 Å². The molecule has 0 amide bonds. The van der Waals surface area contributed by atoms with Crippen molar-refractivity contribution in [1.29, 1.82) is 0 Å². The third-order valence-corrected chi connectivity index (χ3v) is 1.16. The number of rotatable bonds is 1. The first-order chi connectivity index (χ1) is 5.11. The minimum absolute atomic E-state index is 0. The van der Waals surface area contributed by atoms with Crippen LogP contribution in [0.2, 0.25) is 5.82 Å². The van der Waals surface area contributed by atoms with Gasteiger partial charge < -0.3 is 27.6 Å². The van der Waals surface area contributed by atoms with Crippen molar-refractivity contribution in [2.24, 2.45) is 0 Å². The summed E-state index contributed by atoms with van der Waals surface area (Å²) in [7, 11) is -4.89. The summed E-state index contributed by atoms with van der Waals surface area (Å²) in [6.45, 7) is -4.44. The van der Waals surface area contributed by atoms with E-state index in [0.29, 0.717) is 12.8 Å². The zero-order chi connectivity index (χ0) is 9.99. The molecule has 0 aromatic carbocycles. The first-order valence-corrected chi connectivity index (χ1v) is 4.60. The van der Waals surface area contributed by atoms with Crippen LogP contribution in [0.3, 0.4) is 0 Å². The Morgan fingerprint density at radius 1 is 1.21 bits per heavy atom. The molecule has 4 nitrogen and oxygen atoms in total. The Hall–Kier alpha value is 3.24. The predicted octanol–water partition coefficient (Wildman–Crippen LogP) is -5.55. The van der Waals surface area contributed by atoms with E-state index >= 15 is 0 Å². The zero-order valence-corrected chi connectivity index (χ0v) is 15.0. The van der Waals surface area contributed by atoms with Gasteiger partial charge in [-0.25, -0.2) is 0 Å². The molecular formula is C3H7BF3K2O4P. The molecule has 0 aromatic rings. The van der Waals surface area contributed by atoms with Crippen molar-refractivity contribution < 1.29 is 135 Å². The zero-order valence-electron chi connectivity index (χ0n) is 7.86. The molecule has 0 atom stereocenters. The van der Waals surface area contributed by atoms with Crippen LogP contribution in [0, 0.1) is 0 Å². The van der Waals surface area contributed by atoms with Gasteiger partial charge in [0.25, 0.3) is 7.82 Å². The van der Waals surface area contributed by atoms with Crippen LogP contribution in [0.5, 0.6) is 0 Å². The minimum Gasteiger partial charge on any atom is -0.756 e. The van der Waals surface area contributed by atoms with Crippen molar-refractivity contribution in [1.82, 2.24) is 0 Å². The van der Waals surface area contributed by atoms with Crippen molar-refractivity contribution in [2.75, 3.05) is 0 Å². The van der Waals surface area contributed by atoms with Crippen molar-refractivity contribution in [3.05, 3.63) is 0 Å². The van der Waals surface area contributed by atoms with Crippen LogP contribution >= 0.6 is 7.82 Å². The van der Waals surface area contributed by atoms with Crippen molar-refractivity contribution in [3.63, 3.8) is 0 Å². The quantitative estimate of drug-likeness (QED) is 0.372. The summed E-state index contributed by atoms with van der Waals surface area (Å²) in [6, 6.07) is 0. The number of halogens is 3. The van der Waals surface area contributed by atoms with E-state index in [1.54, 1.807) is 0 Å². The molecule has 1 saturated carbocycles. The minimum atomic E-state index is -4.89. The molecule has 0 unspecified atom stereocenters. The van der Waals surface area contributed by atoms with Crippen LogP contribution < -0.4 is 108 Å². The summed E-state index contributed by atoms with van der Waals surface area (Å²) in [5, 5.41) is 0. The second kappa shape index (κ2) is 9.21. The maximum Gasteiger partial charge on any atom is 1.00 e. The van der Waals surface area contributed by atoms with Gasteiger partial charge >= 0.3 is 110 Å². The van der Waals surface area contributed by atoms with Crippen LogP contribution in [0.1, 0.15) is 12.8 Å². The summed E-state index contributed by atoms with van der Waals surface area (Å²) in [4.78, 5) is 22.9. The molecular weight excluding hydrogens is 277 g/mol. The van der Waals surface area contributed by atoms with Crippen LogP contribution in [0.25, 0.3) is 0 Å². The molecule has 0 radical (unpaired) electrons. The number of phosphoric acid groups is 1. The van der Waals surface area contributed by atoms with Gasteiger partial charge in [0.1, 0.15) is 0 Å². The van der Waals surface area contributed by atoms with Gasteiger partial charge in [-0.3, -0.25) is 4.57 Å². The standard InChI is InChI=1S/C3H5BF3.2K.H3O4P/c5-4(6,7)3-1-2-3;;;1-5(2,3)4/h3H,1-2H2;;;(H3,1,2,3,4)/q-1;2*+1;/p-1. The van der Waals surface area contributed by atoms with E-state index in [0.717, 1.165) is 0 Å². The van der Waals surface area contributed by atoms with Crippen molar-refractivity contribution in [2.45, 2.75) is 18.7 Å². The number of hydrogen-bond donors (Lipinski definition) is 2. The molecule has 0 bridgehead atoms. The van der Waals surface area contributed by atoms with E-state index in [1.807, 2.05) is 0 Å². The first-order valence-electron chi connectivity index (χ1n) is 3.07. The van der Waals surface area contributed by atoms with E-state index in [2.05, 4.69) is 0 Å². The van der Waals surface area contributed by atoms with E-state index < -0.39 is 20.6 Å². The van der Waals surface area contributed by atoms with Gasteiger partial charge in [0.05, 0.1) is 0 Å². The van der Waals surface area contributed by atoms with Crippen LogP contribution in [0.4, 0.5) is 12.9 Å². The molecule has 1 rings (SSSR count). The molecule has 0 aliphatic heterocycles. The largest absolute Gasteiger partial charge is 1.00 e. The van der Waals surface area contributed by atoms with Crippen molar-refractivity contribution in [3.8, 4) is 0 Å². The Morgan fingerprint density at radius 3 is 1.43 bits per heavy atom. The van der Waals surface area contributed by atoms with Gasteiger partial charge in [-0.05, 0) is 0 Å². The molecule has 1 aliphatic rings. The molecule has 0 saturated heterocycles. The summed E-state index contributed by atoms with van der Waals surface area (Å²) in [5.41, 5.74) is 0. The maximum absolute atomic E-state index is 11.3. The smallest absolute Gasteiger partial charge is 0.756 e. The summed E-state index contributed by atoms with van der Waals surface area (Å²) < 4.78 is 42.7. The Kier molecular flexibility index (Phi) is 14.7. The van der Waals surface area contributed by atoms with Crippen molar-refractivity contribution >= 4 is 14.8 Å². The molecule has 1 fully saturated rings. The topological polar surface area (TPSA) is 80.6 Å². The summed E-state index contributed by atoms with van der Waals surface area (Å²) in [6.07, 6.45) is 0.757. The van der Waals surface area contributed by atoms with Gasteiger partial charge in [-0.1, -0.05) is 18.7 Å². The third kappa shape index (κ3) is 20.6. The Bertz CT molecular complexity index is 184. The summed E-state index contributed by atoms with van der Waals surface area (Å²) >= 11 is 0. The first kappa shape index (κ1) is 22.4. The molecule has 0 aromatic heterocycles. The van der Waals surface area contributed by atoms with E-state index in [1.165, 1.54) is 0 Å².